The van der Waals surface area contributed by atoms with Crippen molar-refractivity contribution < 1.29 is 9.53 Å². The number of carbonyl (C=O) groups is 1. The Kier molecular flexibility index (Phi) is 4.16. The molecule has 0 unspecified atom stereocenters. The molecule has 5 nitrogen and oxygen atoms in total. The van der Waals surface area contributed by atoms with Crippen LogP contribution in [0.5, 0.6) is 0 Å². The minimum atomic E-state index is 0.102. The number of benzene rings is 1. The minimum absolute atomic E-state index is 0.102. The first-order chi connectivity index (χ1) is 10.6. The first kappa shape index (κ1) is 15.0. The molecule has 1 aliphatic rings. The summed E-state index contributed by atoms with van der Waals surface area (Å²) in [5.41, 5.74) is 1.98. The third-order valence-corrected chi connectivity index (χ3v) is 4.27. The lowest BCUT2D eigenvalue weighted by Crippen LogP contribution is -2.51. The van der Waals surface area contributed by atoms with Gasteiger partial charge in [0.25, 0.3) is 0 Å². The molecule has 0 N–H and O–H groups in total. The van der Waals surface area contributed by atoms with Crippen molar-refractivity contribution in [3.05, 3.63) is 30.1 Å². The number of imidazole rings is 1. The fourth-order valence-electron chi connectivity index (χ4n) is 3.05. The minimum Gasteiger partial charge on any atom is -0.375 e. The number of aromatic nitrogens is 2. The molecule has 2 aromatic rings. The standard InChI is InChI=1S/C17H23N3O2/c1-4-16-18-14-7-5-6-8-15(14)20(16)10-17(21)19-9-13(3)22-11-12(19)2/h5-8,12-13H,4,9-11H2,1-3H3/t12-,13-/m0/s1. The molecule has 1 aromatic heterocycles. The molecule has 0 radical (unpaired) electrons. The average molecular weight is 301 g/mol. The molecule has 1 aromatic carbocycles. The van der Waals surface area contributed by atoms with E-state index in [1.807, 2.05) is 47.6 Å². The molecule has 3 rings (SSSR count). The van der Waals surface area contributed by atoms with Gasteiger partial charge in [-0.25, -0.2) is 4.98 Å². The van der Waals surface area contributed by atoms with Crippen LogP contribution in [0.4, 0.5) is 0 Å². The van der Waals surface area contributed by atoms with Gasteiger partial charge in [0.1, 0.15) is 12.4 Å². The smallest absolute Gasteiger partial charge is 0.242 e. The second kappa shape index (κ2) is 6.08. The Morgan fingerprint density at radius 3 is 2.91 bits per heavy atom. The summed E-state index contributed by atoms with van der Waals surface area (Å²) >= 11 is 0. The number of para-hydroxylation sites is 2. The number of ether oxygens (including phenoxy) is 1. The van der Waals surface area contributed by atoms with Gasteiger partial charge in [-0.3, -0.25) is 4.79 Å². The van der Waals surface area contributed by atoms with Crippen LogP contribution >= 0.6 is 0 Å². The number of rotatable bonds is 3. The van der Waals surface area contributed by atoms with E-state index in [0.717, 1.165) is 23.3 Å². The van der Waals surface area contributed by atoms with Crippen LogP contribution in [0.15, 0.2) is 24.3 Å². The molecule has 0 spiro atoms. The summed E-state index contributed by atoms with van der Waals surface area (Å²) in [4.78, 5) is 19.3. The average Bonchev–Trinajstić information content (AvgIpc) is 2.87. The van der Waals surface area contributed by atoms with Crippen molar-refractivity contribution in [1.82, 2.24) is 14.5 Å². The first-order valence-corrected chi connectivity index (χ1v) is 7.95. The zero-order chi connectivity index (χ0) is 15.7. The summed E-state index contributed by atoms with van der Waals surface area (Å²) in [6, 6.07) is 8.12. The largest absolute Gasteiger partial charge is 0.375 e. The molecule has 1 fully saturated rings. The SMILES string of the molecule is CCc1nc2ccccc2n1CC(=O)N1C[C@H](C)OC[C@@H]1C. The fourth-order valence-corrected chi connectivity index (χ4v) is 3.05. The predicted octanol–water partition coefficient (Wildman–Crippen LogP) is 2.23. The van der Waals surface area contributed by atoms with Crippen molar-refractivity contribution in [2.45, 2.75) is 45.9 Å². The second-order valence-corrected chi connectivity index (χ2v) is 6.00. The van der Waals surface area contributed by atoms with Crippen LogP contribution in [-0.4, -0.2) is 45.7 Å². The van der Waals surface area contributed by atoms with E-state index < -0.39 is 0 Å². The number of aryl methyl sites for hydroxylation is 1. The highest BCUT2D eigenvalue weighted by atomic mass is 16.5. The van der Waals surface area contributed by atoms with Gasteiger partial charge in [-0.1, -0.05) is 19.1 Å². The Morgan fingerprint density at radius 1 is 1.36 bits per heavy atom. The summed E-state index contributed by atoms with van der Waals surface area (Å²) in [5, 5.41) is 0. The van der Waals surface area contributed by atoms with Gasteiger partial charge in [-0.2, -0.15) is 0 Å². The van der Waals surface area contributed by atoms with Gasteiger partial charge in [0.05, 0.1) is 29.8 Å². The number of amides is 1. The van der Waals surface area contributed by atoms with Gasteiger partial charge in [0.15, 0.2) is 0 Å². The highest BCUT2D eigenvalue weighted by Gasteiger charge is 2.28. The Bertz CT molecular complexity index is 680. The fraction of sp³-hybridized carbons (Fsp3) is 0.529. The first-order valence-electron chi connectivity index (χ1n) is 7.95. The van der Waals surface area contributed by atoms with E-state index in [1.54, 1.807) is 0 Å². The monoisotopic (exact) mass is 301 g/mol. The van der Waals surface area contributed by atoms with E-state index in [9.17, 15) is 4.79 Å². The lowest BCUT2D eigenvalue weighted by molar-refractivity contribution is -0.143. The van der Waals surface area contributed by atoms with Gasteiger partial charge in [0, 0.05) is 13.0 Å². The topological polar surface area (TPSA) is 47.4 Å². The van der Waals surface area contributed by atoms with Crippen LogP contribution in [-0.2, 0) is 22.5 Å². The molecule has 118 valence electrons. The zero-order valence-corrected chi connectivity index (χ0v) is 13.5. The number of nitrogens with zero attached hydrogens (tertiary/aromatic N) is 3. The number of hydrogen-bond donors (Lipinski definition) is 0. The zero-order valence-electron chi connectivity index (χ0n) is 13.5. The molecule has 0 saturated carbocycles. The van der Waals surface area contributed by atoms with Crippen LogP contribution in [0.2, 0.25) is 0 Å². The molecule has 1 amide bonds. The van der Waals surface area contributed by atoms with Crippen LogP contribution in [0, 0.1) is 0 Å². The van der Waals surface area contributed by atoms with Crippen LogP contribution < -0.4 is 0 Å². The molecule has 1 aliphatic heterocycles. The van der Waals surface area contributed by atoms with E-state index in [1.165, 1.54) is 0 Å². The van der Waals surface area contributed by atoms with Crippen molar-refractivity contribution in [3.63, 3.8) is 0 Å². The maximum absolute atomic E-state index is 12.8. The Balaban J connectivity index is 1.87. The molecular weight excluding hydrogens is 278 g/mol. The summed E-state index contributed by atoms with van der Waals surface area (Å²) in [6.45, 7) is 7.74. The highest BCUT2D eigenvalue weighted by molar-refractivity contribution is 5.81. The molecular formula is C17H23N3O2. The van der Waals surface area contributed by atoms with E-state index in [2.05, 4.69) is 11.9 Å². The molecule has 0 aliphatic carbocycles. The van der Waals surface area contributed by atoms with Gasteiger partial charge < -0.3 is 14.2 Å². The van der Waals surface area contributed by atoms with Crippen molar-refractivity contribution in [1.29, 1.82) is 0 Å². The van der Waals surface area contributed by atoms with Crippen molar-refractivity contribution in [3.8, 4) is 0 Å². The Morgan fingerprint density at radius 2 is 2.14 bits per heavy atom. The van der Waals surface area contributed by atoms with Gasteiger partial charge in [-0.15, -0.1) is 0 Å². The van der Waals surface area contributed by atoms with Crippen molar-refractivity contribution in [2.24, 2.45) is 0 Å². The van der Waals surface area contributed by atoms with E-state index in [0.29, 0.717) is 19.7 Å². The number of morpholine rings is 1. The van der Waals surface area contributed by atoms with Crippen molar-refractivity contribution in [2.75, 3.05) is 13.2 Å². The maximum Gasteiger partial charge on any atom is 0.242 e. The van der Waals surface area contributed by atoms with E-state index >= 15 is 0 Å². The quantitative estimate of drug-likeness (QED) is 0.873. The molecule has 22 heavy (non-hydrogen) atoms. The number of carbonyl (C=O) groups excluding carboxylic acids is 1. The number of fused-ring (bicyclic) bond motifs is 1. The third kappa shape index (κ3) is 2.73. The highest BCUT2D eigenvalue weighted by Crippen LogP contribution is 2.18. The lowest BCUT2D eigenvalue weighted by Gasteiger charge is -2.37. The normalized spacial score (nSPS) is 22.2. The Labute approximate surface area is 130 Å². The summed E-state index contributed by atoms with van der Waals surface area (Å²) in [7, 11) is 0. The van der Waals surface area contributed by atoms with Crippen LogP contribution in [0.1, 0.15) is 26.6 Å². The second-order valence-electron chi connectivity index (χ2n) is 6.00. The van der Waals surface area contributed by atoms with Gasteiger partial charge in [-0.05, 0) is 26.0 Å². The lowest BCUT2D eigenvalue weighted by atomic mass is 10.2. The van der Waals surface area contributed by atoms with Gasteiger partial charge in [0.2, 0.25) is 5.91 Å². The summed E-state index contributed by atoms with van der Waals surface area (Å²) < 4.78 is 7.65. The van der Waals surface area contributed by atoms with Gasteiger partial charge >= 0.3 is 0 Å². The van der Waals surface area contributed by atoms with Crippen LogP contribution in [0.3, 0.4) is 0 Å². The van der Waals surface area contributed by atoms with Crippen molar-refractivity contribution >= 4 is 16.9 Å². The van der Waals surface area contributed by atoms with Crippen LogP contribution in [0.25, 0.3) is 11.0 Å². The third-order valence-electron chi connectivity index (χ3n) is 4.27. The molecule has 0 bridgehead atoms. The molecule has 2 atom stereocenters. The predicted molar refractivity (Wildman–Crippen MR) is 85.7 cm³/mol. The number of hydrogen-bond acceptors (Lipinski definition) is 3. The Hall–Kier alpha value is -1.88. The summed E-state index contributed by atoms with van der Waals surface area (Å²) in [6.07, 6.45) is 0.919. The maximum atomic E-state index is 12.8. The van der Waals surface area contributed by atoms with E-state index in [-0.39, 0.29) is 18.1 Å². The molecule has 2 heterocycles. The molecule has 5 heteroatoms. The molecule has 1 saturated heterocycles. The van der Waals surface area contributed by atoms with E-state index in [4.69, 9.17) is 4.74 Å². The summed E-state index contributed by atoms with van der Waals surface area (Å²) in [5.74, 6) is 1.10.